The number of azo groups is 1. The minimum Gasteiger partial charge on any atom is -0.497 e. The molecule has 0 bridgehead atoms. The highest BCUT2D eigenvalue weighted by Gasteiger charge is 2.16. The summed E-state index contributed by atoms with van der Waals surface area (Å²) in [4.78, 5) is 4.59. The van der Waals surface area contributed by atoms with E-state index in [0.29, 0.717) is 28.0 Å². The first-order chi connectivity index (χ1) is 12.7. The quantitative estimate of drug-likeness (QED) is 0.527. The van der Waals surface area contributed by atoms with Crippen LogP contribution in [0.2, 0.25) is 0 Å². The van der Waals surface area contributed by atoms with Crippen LogP contribution < -0.4 is 10.5 Å². The number of fused-ring (bicyclic) bond motifs is 1. The Balaban J connectivity index is 1.68. The summed E-state index contributed by atoms with van der Waals surface area (Å²) in [6.07, 6.45) is 0. The van der Waals surface area contributed by atoms with E-state index >= 15 is 0 Å². The zero-order valence-corrected chi connectivity index (χ0v) is 15.1. The molecule has 130 valence electrons. The van der Waals surface area contributed by atoms with Gasteiger partial charge >= 0.3 is 0 Å². The highest BCUT2D eigenvalue weighted by Crippen LogP contribution is 2.33. The van der Waals surface area contributed by atoms with E-state index in [1.54, 1.807) is 11.8 Å². The van der Waals surface area contributed by atoms with E-state index in [4.69, 9.17) is 10.5 Å². The molecule has 8 heteroatoms. The molecule has 7 nitrogen and oxygen atoms in total. The second-order valence-corrected chi connectivity index (χ2v) is 6.60. The van der Waals surface area contributed by atoms with Crippen molar-refractivity contribution in [1.82, 2.24) is 14.8 Å². The Kier molecular flexibility index (Phi) is 4.10. The summed E-state index contributed by atoms with van der Waals surface area (Å²) in [7, 11) is 1.62. The first-order valence-corrected chi connectivity index (χ1v) is 8.74. The largest absolute Gasteiger partial charge is 0.497 e. The summed E-state index contributed by atoms with van der Waals surface area (Å²) in [5.41, 5.74) is 9.12. The van der Waals surface area contributed by atoms with Crippen LogP contribution in [-0.2, 0) is 0 Å². The average molecular weight is 364 g/mol. The van der Waals surface area contributed by atoms with Crippen molar-refractivity contribution in [2.45, 2.75) is 6.92 Å². The van der Waals surface area contributed by atoms with Crippen LogP contribution in [0.1, 0.15) is 5.69 Å². The molecule has 0 atom stereocenters. The lowest BCUT2D eigenvalue weighted by atomic mass is 10.3. The number of ether oxygens (including phenoxy) is 1. The predicted octanol–water partition coefficient (Wildman–Crippen LogP) is 4.80. The van der Waals surface area contributed by atoms with Gasteiger partial charge in [-0.1, -0.05) is 23.5 Å². The van der Waals surface area contributed by atoms with Gasteiger partial charge in [-0.15, -0.1) is 5.11 Å². The van der Waals surface area contributed by atoms with E-state index < -0.39 is 0 Å². The van der Waals surface area contributed by atoms with Crippen LogP contribution in [0.4, 0.5) is 17.2 Å². The molecule has 2 heterocycles. The number of methoxy groups -OCH3 is 1. The maximum Gasteiger partial charge on any atom is 0.213 e. The van der Waals surface area contributed by atoms with Crippen molar-refractivity contribution < 1.29 is 4.74 Å². The molecule has 0 saturated heterocycles. The van der Waals surface area contributed by atoms with Crippen LogP contribution in [0.25, 0.3) is 15.3 Å². The fourth-order valence-electron chi connectivity index (χ4n) is 2.51. The molecule has 0 aliphatic carbocycles. The van der Waals surface area contributed by atoms with Crippen molar-refractivity contribution in [2.24, 2.45) is 10.2 Å². The molecule has 0 unspecified atom stereocenters. The molecule has 2 N–H and O–H groups in total. The third-order valence-corrected chi connectivity index (χ3v) is 4.88. The number of nitrogens with two attached hydrogens (primary N) is 1. The smallest absolute Gasteiger partial charge is 0.213 e. The Morgan fingerprint density at radius 2 is 1.85 bits per heavy atom. The molecule has 2 aromatic heterocycles. The van der Waals surface area contributed by atoms with Crippen molar-refractivity contribution in [2.75, 3.05) is 12.8 Å². The highest BCUT2D eigenvalue weighted by molar-refractivity contribution is 7.20. The molecule has 0 spiro atoms. The molecule has 0 fully saturated rings. The topological polar surface area (TPSA) is 90.7 Å². The summed E-state index contributed by atoms with van der Waals surface area (Å²) in [6, 6.07) is 15.2. The van der Waals surface area contributed by atoms with Crippen molar-refractivity contribution >= 4 is 38.7 Å². The second-order valence-electron chi connectivity index (χ2n) is 5.59. The number of para-hydroxylation sites is 1. The maximum absolute atomic E-state index is 6.26. The van der Waals surface area contributed by atoms with Crippen LogP contribution >= 0.6 is 11.3 Å². The van der Waals surface area contributed by atoms with Crippen LogP contribution in [-0.4, -0.2) is 21.9 Å². The highest BCUT2D eigenvalue weighted by atomic mass is 32.1. The third kappa shape index (κ3) is 2.91. The number of anilines is 1. The Bertz CT molecular complexity index is 1060. The van der Waals surface area contributed by atoms with Gasteiger partial charge in [0.1, 0.15) is 5.75 Å². The number of aromatic nitrogens is 3. The average Bonchev–Trinajstić information content (AvgIpc) is 3.21. The zero-order chi connectivity index (χ0) is 18.1. The van der Waals surface area contributed by atoms with Gasteiger partial charge in [-0.25, -0.2) is 4.98 Å². The first kappa shape index (κ1) is 16.2. The van der Waals surface area contributed by atoms with E-state index in [1.165, 1.54) is 11.3 Å². The van der Waals surface area contributed by atoms with Crippen molar-refractivity contribution in [3.8, 4) is 10.9 Å². The van der Waals surface area contributed by atoms with Crippen LogP contribution in [0.5, 0.6) is 5.75 Å². The molecular formula is C18H16N6OS. The summed E-state index contributed by atoms with van der Waals surface area (Å²) in [5, 5.41) is 13.7. The van der Waals surface area contributed by atoms with Gasteiger partial charge in [0.05, 0.1) is 28.7 Å². The van der Waals surface area contributed by atoms with Crippen molar-refractivity contribution in [3.63, 3.8) is 0 Å². The van der Waals surface area contributed by atoms with Crippen LogP contribution in [0.3, 0.4) is 0 Å². The molecule has 4 aromatic rings. The minimum absolute atomic E-state index is 0.416. The Morgan fingerprint density at radius 1 is 1.08 bits per heavy atom. The number of benzene rings is 2. The number of rotatable bonds is 4. The van der Waals surface area contributed by atoms with E-state index in [-0.39, 0.29) is 0 Å². The van der Waals surface area contributed by atoms with Gasteiger partial charge in [0.15, 0.2) is 11.5 Å². The molecule has 2 aromatic carbocycles. The van der Waals surface area contributed by atoms with Gasteiger partial charge in [0, 0.05) is 0 Å². The fourth-order valence-corrected chi connectivity index (χ4v) is 3.44. The van der Waals surface area contributed by atoms with Crippen molar-refractivity contribution in [3.05, 3.63) is 54.2 Å². The third-order valence-electron chi connectivity index (χ3n) is 3.87. The summed E-state index contributed by atoms with van der Waals surface area (Å²) in [5.74, 6) is 1.18. The molecular weight excluding hydrogens is 348 g/mol. The lowest BCUT2D eigenvalue weighted by Crippen LogP contribution is -2.00. The number of hydrogen-bond acceptors (Lipinski definition) is 7. The lowest BCUT2D eigenvalue weighted by Gasteiger charge is -1.99. The molecule has 0 saturated carbocycles. The SMILES string of the molecule is COc1ccc(N=Nc2c(C)nn(-c3nc4ccccc4s3)c2N)cc1. The van der Waals surface area contributed by atoms with Crippen LogP contribution in [0.15, 0.2) is 58.8 Å². The first-order valence-electron chi connectivity index (χ1n) is 7.92. The summed E-state index contributed by atoms with van der Waals surface area (Å²) < 4.78 is 7.83. The standard InChI is InChI=1S/C18H16N6OS/c1-11-16(22-21-12-7-9-13(25-2)10-8-12)17(19)24(23-11)18-20-14-5-3-4-6-15(14)26-18/h3-10H,19H2,1-2H3. The minimum atomic E-state index is 0.416. The predicted molar refractivity (Wildman–Crippen MR) is 103 cm³/mol. The van der Waals surface area contributed by atoms with Crippen molar-refractivity contribution in [1.29, 1.82) is 0 Å². The number of nitrogens with zero attached hydrogens (tertiary/aromatic N) is 5. The number of hydrogen-bond donors (Lipinski definition) is 1. The molecule has 0 radical (unpaired) electrons. The molecule has 4 rings (SSSR count). The summed E-state index contributed by atoms with van der Waals surface area (Å²) in [6.45, 7) is 1.85. The zero-order valence-electron chi connectivity index (χ0n) is 14.2. The normalized spacial score (nSPS) is 11.5. The molecule has 0 amide bonds. The van der Waals surface area contributed by atoms with Gasteiger partial charge < -0.3 is 10.5 Å². The number of aryl methyl sites for hydroxylation is 1. The lowest BCUT2D eigenvalue weighted by molar-refractivity contribution is 0.415. The molecule has 0 aliphatic rings. The fraction of sp³-hybridized carbons (Fsp3) is 0.111. The molecule has 0 aliphatic heterocycles. The van der Waals surface area contributed by atoms with Gasteiger partial charge in [-0.3, -0.25) is 0 Å². The Morgan fingerprint density at radius 3 is 2.58 bits per heavy atom. The monoisotopic (exact) mass is 364 g/mol. The van der Waals surface area contributed by atoms with Gasteiger partial charge in [0.25, 0.3) is 0 Å². The van der Waals surface area contributed by atoms with Crippen LogP contribution in [0, 0.1) is 6.92 Å². The summed E-state index contributed by atoms with van der Waals surface area (Å²) >= 11 is 1.53. The molecule has 26 heavy (non-hydrogen) atoms. The Hall–Kier alpha value is -3.26. The number of thiazole rings is 1. The van der Waals surface area contributed by atoms with E-state index in [9.17, 15) is 0 Å². The Labute approximate surface area is 153 Å². The van der Waals surface area contributed by atoms with E-state index in [2.05, 4.69) is 20.3 Å². The number of nitrogen functional groups attached to an aromatic ring is 1. The van der Waals surface area contributed by atoms with Gasteiger partial charge in [0.2, 0.25) is 5.13 Å². The van der Waals surface area contributed by atoms with E-state index in [1.807, 2.05) is 55.5 Å². The van der Waals surface area contributed by atoms with Gasteiger partial charge in [-0.2, -0.15) is 14.9 Å². The second kappa shape index (κ2) is 6.57. The van der Waals surface area contributed by atoms with Gasteiger partial charge in [-0.05, 0) is 43.3 Å². The van der Waals surface area contributed by atoms with E-state index in [0.717, 1.165) is 16.0 Å². The maximum atomic E-state index is 6.26.